The number of rotatable bonds is 2. The maximum atomic E-state index is 12.6. The number of benzene rings is 1. The molecule has 2 rings (SSSR count). The Kier molecular flexibility index (Phi) is 5.65. The van der Waals surface area contributed by atoms with Crippen LogP contribution in [0.3, 0.4) is 0 Å². The second-order valence-electron chi connectivity index (χ2n) is 4.58. The van der Waals surface area contributed by atoms with Crippen LogP contribution >= 0.6 is 24.0 Å². The van der Waals surface area contributed by atoms with Crippen molar-refractivity contribution in [3.05, 3.63) is 28.8 Å². The van der Waals surface area contributed by atoms with Crippen molar-refractivity contribution in [1.29, 1.82) is 0 Å². The summed E-state index contributed by atoms with van der Waals surface area (Å²) in [6.07, 6.45) is 0. The van der Waals surface area contributed by atoms with E-state index in [1.807, 2.05) is 6.92 Å². The van der Waals surface area contributed by atoms with Crippen molar-refractivity contribution in [3.63, 3.8) is 0 Å². The first kappa shape index (κ1) is 16.7. The molecule has 1 fully saturated rings. The number of hydrogen-bond donors (Lipinski definition) is 1. The molecule has 0 bridgehead atoms. The molecule has 0 saturated carbocycles. The molecule has 1 N–H and O–H groups in total. The van der Waals surface area contributed by atoms with Crippen molar-refractivity contribution in [1.82, 2.24) is 9.62 Å². The van der Waals surface area contributed by atoms with Crippen LogP contribution in [0.2, 0.25) is 5.02 Å². The van der Waals surface area contributed by atoms with Gasteiger partial charge in [-0.1, -0.05) is 11.6 Å². The van der Waals surface area contributed by atoms with Gasteiger partial charge >= 0.3 is 0 Å². The number of hydrogen-bond acceptors (Lipinski definition) is 3. The van der Waals surface area contributed by atoms with Gasteiger partial charge in [0.15, 0.2) is 0 Å². The van der Waals surface area contributed by atoms with Crippen LogP contribution in [0, 0.1) is 6.92 Å². The smallest absolute Gasteiger partial charge is 0.243 e. The van der Waals surface area contributed by atoms with Crippen LogP contribution in [0.25, 0.3) is 0 Å². The van der Waals surface area contributed by atoms with Crippen LogP contribution in [-0.2, 0) is 10.0 Å². The Bertz CT molecular complexity index is 549. The Labute approximate surface area is 125 Å². The zero-order valence-corrected chi connectivity index (χ0v) is 13.3. The predicted molar refractivity (Wildman–Crippen MR) is 79.7 cm³/mol. The second kappa shape index (κ2) is 6.41. The first-order chi connectivity index (χ1) is 8.43. The van der Waals surface area contributed by atoms with Gasteiger partial charge in [0.25, 0.3) is 0 Å². The van der Waals surface area contributed by atoms with Gasteiger partial charge in [0.2, 0.25) is 10.0 Å². The molecule has 1 aliphatic rings. The zero-order chi connectivity index (χ0) is 13.3. The molecular weight excluding hydrogens is 307 g/mol. The molecule has 1 aromatic rings. The standard InChI is InChI=1S/C12H17ClN2O2S.ClH/c1-9-7-11(13)3-4-12(9)18(16,17)15-6-5-14-8-10(15)2;/h3-4,7,10,14H,5-6,8H2,1-2H3;1H. The molecule has 1 aliphatic heterocycles. The molecule has 1 unspecified atom stereocenters. The van der Waals surface area contributed by atoms with E-state index in [1.165, 1.54) is 0 Å². The summed E-state index contributed by atoms with van der Waals surface area (Å²) in [5.74, 6) is 0. The van der Waals surface area contributed by atoms with E-state index in [2.05, 4.69) is 5.32 Å². The number of aryl methyl sites for hydroxylation is 1. The molecule has 1 heterocycles. The lowest BCUT2D eigenvalue weighted by Crippen LogP contribution is -2.52. The number of piperazine rings is 1. The number of nitrogens with one attached hydrogen (secondary N) is 1. The predicted octanol–water partition coefficient (Wildman–Crippen LogP) is 2.05. The van der Waals surface area contributed by atoms with E-state index in [9.17, 15) is 8.42 Å². The molecular formula is C12H18Cl2N2O2S. The van der Waals surface area contributed by atoms with Crippen molar-refractivity contribution >= 4 is 34.0 Å². The first-order valence-electron chi connectivity index (χ1n) is 5.91. The molecule has 4 nitrogen and oxygen atoms in total. The molecule has 19 heavy (non-hydrogen) atoms. The summed E-state index contributed by atoms with van der Waals surface area (Å²) >= 11 is 5.86. The van der Waals surface area contributed by atoms with Gasteiger partial charge in [0, 0.05) is 30.7 Å². The maximum Gasteiger partial charge on any atom is 0.243 e. The Hall–Kier alpha value is -0.330. The fraction of sp³-hybridized carbons (Fsp3) is 0.500. The van der Waals surface area contributed by atoms with Crippen molar-refractivity contribution in [2.24, 2.45) is 0 Å². The maximum absolute atomic E-state index is 12.6. The van der Waals surface area contributed by atoms with Crippen molar-refractivity contribution in [2.75, 3.05) is 19.6 Å². The lowest BCUT2D eigenvalue weighted by atomic mass is 10.2. The molecule has 0 aromatic heterocycles. The van der Waals surface area contributed by atoms with Gasteiger partial charge < -0.3 is 5.32 Å². The summed E-state index contributed by atoms with van der Waals surface area (Å²) in [7, 11) is -3.42. The molecule has 0 aliphatic carbocycles. The number of sulfonamides is 1. The van der Waals surface area contributed by atoms with Crippen LogP contribution < -0.4 is 5.32 Å². The number of nitrogens with zero attached hydrogens (tertiary/aromatic N) is 1. The molecule has 108 valence electrons. The van der Waals surface area contributed by atoms with E-state index in [4.69, 9.17) is 11.6 Å². The van der Waals surface area contributed by atoms with E-state index < -0.39 is 10.0 Å². The minimum atomic E-state index is -3.42. The molecule has 0 spiro atoms. The average Bonchev–Trinajstić information content (AvgIpc) is 2.28. The van der Waals surface area contributed by atoms with Crippen molar-refractivity contribution in [3.8, 4) is 0 Å². The highest BCUT2D eigenvalue weighted by atomic mass is 35.5. The average molecular weight is 325 g/mol. The van der Waals surface area contributed by atoms with Crippen LogP contribution in [0.15, 0.2) is 23.1 Å². The van der Waals surface area contributed by atoms with Gasteiger partial charge in [-0.3, -0.25) is 0 Å². The van der Waals surface area contributed by atoms with E-state index in [1.54, 1.807) is 29.4 Å². The monoisotopic (exact) mass is 324 g/mol. The van der Waals surface area contributed by atoms with Gasteiger partial charge in [-0.25, -0.2) is 8.42 Å². The minimum absolute atomic E-state index is 0. The van der Waals surface area contributed by atoms with E-state index in [-0.39, 0.29) is 18.4 Å². The molecule has 0 radical (unpaired) electrons. The van der Waals surface area contributed by atoms with E-state index in [0.29, 0.717) is 35.1 Å². The Morgan fingerprint density at radius 2 is 2.11 bits per heavy atom. The summed E-state index contributed by atoms with van der Waals surface area (Å²) in [5, 5.41) is 3.74. The molecule has 1 aromatic carbocycles. The van der Waals surface area contributed by atoms with Gasteiger partial charge in [-0.05, 0) is 37.6 Å². The lowest BCUT2D eigenvalue weighted by Gasteiger charge is -2.33. The van der Waals surface area contributed by atoms with Crippen molar-refractivity contribution < 1.29 is 8.42 Å². The van der Waals surface area contributed by atoms with Gasteiger partial charge in [-0.2, -0.15) is 4.31 Å². The highest BCUT2D eigenvalue weighted by molar-refractivity contribution is 7.89. The summed E-state index contributed by atoms with van der Waals surface area (Å²) in [6.45, 7) is 5.56. The van der Waals surface area contributed by atoms with Crippen LogP contribution in [0.5, 0.6) is 0 Å². The summed E-state index contributed by atoms with van der Waals surface area (Å²) in [5.41, 5.74) is 0.688. The molecule has 1 atom stereocenters. The highest BCUT2D eigenvalue weighted by Gasteiger charge is 2.31. The largest absolute Gasteiger partial charge is 0.314 e. The second-order valence-corrected chi connectivity index (χ2v) is 6.87. The Morgan fingerprint density at radius 1 is 1.42 bits per heavy atom. The van der Waals surface area contributed by atoms with Crippen molar-refractivity contribution in [2.45, 2.75) is 24.8 Å². The van der Waals surface area contributed by atoms with Crippen LogP contribution in [0.4, 0.5) is 0 Å². The molecule has 1 saturated heterocycles. The topological polar surface area (TPSA) is 49.4 Å². The summed E-state index contributed by atoms with van der Waals surface area (Å²) in [4.78, 5) is 0.348. The van der Waals surface area contributed by atoms with Gasteiger partial charge in [0.05, 0.1) is 4.90 Å². The fourth-order valence-electron chi connectivity index (χ4n) is 2.21. The third-order valence-electron chi connectivity index (χ3n) is 3.16. The summed E-state index contributed by atoms with van der Waals surface area (Å²) in [6, 6.07) is 4.86. The third-order valence-corrected chi connectivity index (χ3v) is 5.57. The SMILES string of the molecule is Cc1cc(Cl)ccc1S(=O)(=O)N1CCNCC1C.Cl. The van der Waals surface area contributed by atoms with Gasteiger partial charge in [-0.15, -0.1) is 12.4 Å². The lowest BCUT2D eigenvalue weighted by molar-refractivity contribution is 0.283. The first-order valence-corrected chi connectivity index (χ1v) is 7.73. The molecule has 0 amide bonds. The number of halogens is 2. The van der Waals surface area contributed by atoms with Gasteiger partial charge in [0.1, 0.15) is 0 Å². The molecule has 7 heteroatoms. The van der Waals surface area contributed by atoms with E-state index in [0.717, 1.165) is 0 Å². The highest BCUT2D eigenvalue weighted by Crippen LogP contribution is 2.24. The zero-order valence-electron chi connectivity index (χ0n) is 10.9. The van der Waals surface area contributed by atoms with E-state index >= 15 is 0 Å². The Balaban J connectivity index is 0.00000180. The normalized spacial score (nSPS) is 20.9. The Morgan fingerprint density at radius 3 is 2.68 bits per heavy atom. The quantitative estimate of drug-likeness (QED) is 0.905. The van der Waals surface area contributed by atoms with Crippen LogP contribution in [0.1, 0.15) is 12.5 Å². The summed E-state index contributed by atoms with van der Waals surface area (Å²) < 4.78 is 26.7. The third kappa shape index (κ3) is 3.41. The van der Waals surface area contributed by atoms with Crippen LogP contribution in [-0.4, -0.2) is 38.4 Å². The minimum Gasteiger partial charge on any atom is -0.314 e. The fourth-order valence-corrected chi connectivity index (χ4v) is 4.27.